The molecule has 0 fully saturated rings. The van der Waals surface area contributed by atoms with Gasteiger partial charge in [0, 0.05) is 0 Å². The second kappa shape index (κ2) is 6.31. The van der Waals surface area contributed by atoms with Crippen molar-refractivity contribution in [2.24, 2.45) is 0 Å². The largest absolute Gasteiger partial charge is 0.0985 e. The van der Waals surface area contributed by atoms with E-state index in [2.05, 4.69) is 87.7 Å². The first kappa shape index (κ1) is 16.4. The van der Waals surface area contributed by atoms with Gasteiger partial charge in [0.2, 0.25) is 0 Å². The molecule has 4 aromatic carbocycles. The lowest BCUT2D eigenvalue weighted by atomic mass is 9.89. The number of hydrogen-bond donors (Lipinski definition) is 0. The van der Waals surface area contributed by atoms with E-state index in [4.69, 9.17) is 0 Å². The molecule has 0 radical (unpaired) electrons. The van der Waals surface area contributed by atoms with Gasteiger partial charge in [-0.15, -0.1) is 0 Å². The van der Waals surface area contributed by atoms with E-state index in [0.29, 0.717) is 0 Å². The van der Waals surface area contributed by atoms with Gasteiger partial charge in [0.1, 0.15) is 0 Å². The van der Waals surface area contributed by atoms with Crippen molar-refractivity contribution in [1.29, 1.82) is 0 Å². The molecule has 126 valence electrons. The molecule has 4 aromatic rings. The third kappa shape index (κ3) is 2.38. The summed E-state index contributed by atoms with van der Waals surface area (Å²) in [7, 11) is 0. The van der Waals surface area contributed by atoms with Gasteiger partial charge >= 0.3 is 0 Å². The van der Waals surface area contributed by atoms with Gasteiger partial charge in [0.15, 0.2) is 0 Å². The molecule has 0 aliphatic carbocycles. The van der Waals surface area contributed by atoms with Crippen LogP contribution in [0.1, 0.15) is 25.0 Å². The maximum Gasteiger partial charge on any atom is -0.00264 e. The van der Waals surface area contributed by atoms with Crippen molar-refractivity contribution < 1.29 is 0 Å². The number of benzene rings is 4. The normalized spacial score (nSPS) is 13.0. The minimum atomic E-state index is 1.17. The van der Waals surface area contributed by atoms with Crippen LogP contribution in [0.4, 0.5) is 0 Å². The standard InChI is InChI=1S/C26H22/c1-5-17(6-2)23-13-19-9-11-21-15-24(18(7-3)8-4)16-22-12-10-20(14-23)25(19)26(21)22/h5-16H,1,3H2,2,4H3/b17-6+,18-8+. The molecule has 0 spiro atoms. The summed E-state index contributed by atoms with van der Waals surface area (Å²) >= 11 is 0. The van der Waals surface area contributed by atoms with Crippen molar-refractivity contribution in [2.45, 2.75) is 13.8 Å². The smallest absolute Gasteiger partial charge is 0.00264 e. The molecule has 0 saturated carbocycles. The van der Waals surface area contributed by atoms with Crippen LogP contribution in [-0.2, 0) is 0 Å². The van der Waals surface area contributed by atoms with Gasteiger partial charge in [-0.2, -0.15) is 0 Å². The molecule has 0 heterocycles. The fraction of sp³-hybridized carbons (Fsp3) is 0.0769. The summed E-state index contributed by atoms with van der Waals surface area (Å²) in [5.41, 5.74) is 4.77. The third-order valence-corrected chi connectivity index (χ3v) is 5.26. The van der Waals surface area contributed by atoms with Crippen LogP contribution in [-0.4, -0.2) is 0 Å². The molecule has 0 aliphatic heterocycles. The zero-order valence-corrected chi connectivity index (χ0v) is 15.3. The van der Waals surface area contributed by atoms with Crippen LogP contribution in [0.3, 0.4) is 0 Å². The lowest BCUT2D eigenvalue weighted by molar-refractivity contribution is 1.64. The topological polar surface area (TPSA) is 0 Å². The highest BCUT2D eigenvalue weighted by atomic mass is 14.1. The fourth-order valence-electron chi connectivity index (χ4n) is 3.98. The summed E-state index contributed by atoms with van der Waals surface area (Å²) in [6.07, 6.45) is 8.07. The Morgan fingerprint density at radius 3 is 1.15 bits per heavy atom. The van der Waals surface area contributed by atoms with Gasteiger partial charge in [-0.3, -0.25) is 0 Å². The summed E-state index contributed by atoms with van der Waals surface area (Å²) in [5.74, 6) is 0. The molecule has 26 heavy (non-hydrogen) atoms. The van der Waals surface area contributed by atoms with Crippen LogP contribution in [0.25, 0.3) is 43.5 Å². The van der Waals surface area contributed by atoms with Crippen molar-refractivity contribution in [1.82, 2.24) is 0 Å². The average molecular weight is 334 g/mol. The third-order valence-electron chi connectivity index (χ3n) is 5.26. The van der Waals surface area contributed by atoms with Crippen LogP contribution in [0.2, 0.25) is 0 Å². The number of allylic oxidation sites excluding steroid dienone is 6. The molecule has 0 nitrogen and oxygen atoms in total. The van der Waals surface area contributed by atoms with Crippen molar-refractivity contribution >= 4 is 43.5 Å². The van der Waals surface area contributed by atoms with E-state index in [9.17, 15) is 0 Å². The maximum atomic E-state index is 3.95. The Morgan fingerprint density at radius 2 is 0.923 bits per heavy atom. The SMILES string of the molecule is C=C/C(=C\C)c1cc2ccc3cc(/C(C=C)=C/C)cc4ccc(c1)c2c34. The Bertz CT molecular complexity index is 1050. The minimum absolute atomic E-state index is 1.17. The predicted octanol–water partition coefficient (Wildman–Crippen LogP) is 7.76. The number of rotatable bonds is 4. The van der Waals surface area contributed by atoms with E-state index < -0.39 is 0 Å². The lowest BCUT2D eigenvalue weighted by Crippen LogP contribution is -1.89. The Morgan fingerprint density at radius 1 is 0.615 bits per heavy atom. The quantitative estimate of drug-likeness (QED) is 0.264. The van der Waals surface area contributed by atoms with Gasteiger partial charge in [0.25, 0.3) is 0 Å². The Kier molecular flexibility index (Phi) is 3.97. The molecule has 0 atom stereocenters. The number of hydrogen-bond acceptors (Lipinski definition) is 0. The Balaban J connectivity index is 2.09. The molecular weight excluding hydrogens is 312 g/mol. The van der Waals surface area contributed by atoms with Crippen LogP contribution in [0, 0.1) is 0 Å². The van der Waals surface area contributed by atoms with Gasteiger partial charge in [-0.25, -0.2) is 0 Å². The van der Waals surface area contributed by atoms with Gasteiger partial charge in [0.05, 0.1) is 0 Å². The highest BCUT2D eigenvalue weighted by molar-refractivity contribution is 6.24. The van der Waals surface area contributed by atoms with Crippen molar-refractivity contribution in [3.63, 3.8) is 0 Å². The summed E-state index contributed by atoms with van der Waals surface area (Å²) < 4.78 is 0. The van der Waals surface area contributed by atoms with Crippen LogP contribution >= 0.6 is 0 Å². The van der Waals surface area contributed by atoms with Crippen LogP contribution in [0.15, 0.2) is 86.0 Å². The predicted molar refractivity (Wildman–Crippen MR) is 118 cm³/mol. The summed E-state index contributed by atoms with van der Waals surface area (Å²) in [5, 5.41) is 7.80. The van der Waals surface area contributed by atoms with Crippen molar-refractivity contribution in [2.75, 3.05) is 0 Å². The van der Waals surface area contributed by atoms with E-state index in [1.807, 2.05) is 12.2 Å². The molecule has 0 unspecified atom stereocenters. The molecule has 4 rings (SSSR count). The van der Waals surface area contributed by atoms with Crippen LogP contribution < -0.4 is 0 Å². The highest BCUT2D eigenvalue weighted by Gasteiger charge is 2.11. The van der Waals surface area contributed by atoms with Gasteiger partial charge < -0.3 is 0 Å². The van der Waals surface area contributed by atoms with Crippen molar-refractivity contribution in [3.05, 3.63) is 97.1 Å². The molecule has 0 aliphatic rings. The van der Waals surface area contributed by atoms with E-state index in [1.165, 1.54) is 54.6 Å². The molecule has 0 saturated heterocycles. The minimum Gasteiger partial charge on any atom is -0.0985 e. The molecular formula is C26H22. The monoisotopic (exact) mass is 334 g/mol. The molecule has 0 heteroatoms. The highest BCUT2D eigenvalue weighted by Crippen LogP contribution is 2.38. The summed E-state index contributed by atoms with van der Waals surface area (Å²) in [6.45, 7) is 12.0. The van der Waals surface area contributed by atoms with E-state index in [-0.39, 0.29) is 0 Å². The molecule has 0 amide bonds. The van der Waals surface area contributed by atoms with Gasteiger partial charge in [-0.1, -0.05) is 61.7 Å². The first-order chi connectivity index (χ1) is 12.7. The van der Waals surface area contributed by atoms with Gasteiger partial charge in [-0.05, 0) is 92.7 Å². The first-order valence-electron chi connectivity index (χ1n) is 9.01. The van der Waals surface area contributed by atoms with Crippen molar-refractivity contribution in [3.8, 4) is 0 Å². The van der Waals surface area contributed by atoms with E-state index in [0.717, 1.165) is 0 Å². The molecule has 0 bridgehead atoms. The first-order valence-corrected chi connectivity index (χ1v) is 9.01. The zero-order valence-electron chi connectivity index (χ0n) is 15.3. The average Bonchev–Trinajstić information content (AvgIpc) is 2.67. The Hall–Kier alpha value is -3.12. The Labute approximate surface area is 154 Å². The fourth-order valence-corrected chi connectivity index (χ4v) is 3.98. The van der Waals surface area contributed by atoms with E-state index >= 15 is 0 Å². The second-order valence-corrected chi connectivity index (χ2v) is 6.62. The summed E-state index contributed by atoms with van der Waals surface area (Å²) in [4.78, 5) is 0. The maximum absolute atomic E-state index is 3.95. The molecule has 0 N–H and O–H groups in total. The zero-order chi connectivity index (χ0) is 18.3. The molecule has 0 aromatic heterocycles. The lowest BCUT2D eigenvalue weighted by Gasteiger charge is -2.15. The van der Waals surface area contributed by atoms with Crippen LogP contribution in [0.5, 0.6) is 0 Å². The van der Waals surface area contributed by atoms with E-state index in [1.54, 1.807) is 0 Å². The summed E-state index contributed by atoms with van der Waals surface area (Å²) in [6, 6.07) is 18.0. The second-order valence-electron chi connectivity index (χ2n) is 6.62.